The molecule has 102 valence electrons. The number of piperazine rings is 1. The number of amides is 1. The number of aromatic nitrogens is 1. The van der Waals surface area contributed by atoms with Gasteiger partial charge in [-0.15, -0.1) is 0 Å². The van der Waals surface area contributed by atoms with E-state index in [-0.39, 0.29) is 11.9 Å². The number of hydrogen-bond acceptors (Lipinski definition) is 4. The second kappa shape index (κ2) is 4.81. The average molecular weight is 260 g/mol. The molecule has 2 aliphatic heterocycles. The van der Waals surface area contributed by atoms with Crippen molar-refractivity contribution < 1.29 is 4.79 Å². The molecule has 0 aliphatic carbocycles. The van der Waals surface area contributed by atoms with E-state index in [1.54, 1.807) is 6.20 Å². The third-order valence-corrected chi connectivity index (χ3v) is 4.00. The van der Waals surface area contributed by atoms with Crippen molar-refractivity contribution in [2.45, 2.75) is 32.4 Å². The van der Waals surface area contributed by atoms with Crippen LogP contribution in [0.15, 0.2) is 18.3 Å². The topological polar surface area (TPSA) is 48.5 Å². The standard InChI is InChI=1S/C14H20N4O/c1-10(2)17-6-7-18-11(9-17)8-13(19)16-12-4-3-5-15-14(12)18/h3-5,10-11H,6-9H2,1-2H3,(H,16,19). The monoisotopic (exact) mass is 260 g/mol. The number of rotatable bonds is 1. The third kappa shape index (κ3) is 2.30. The van der Waals surface area contributed by atoms with Crippen molar-refractivity contribution in [1.82, 2.24) is 9.88 Å². The number of anilines is 2. The van der Waals surface area contributed by atoms with Crippen LogP contribution in [0.2, 0.25) is 0 Å². The minimum Gasteiger partial charge on any atom is -0.349 e. The maximum Gasteiger partial charge on any atom is 0.226 e. The van der Waals surface area contributed by atoms with Gasteiger partial charge in [0.15, 0.2) is 5.82 Å². The maximum absolute atomic E-state index is 12.0. The highest BCUT2D eigenvalue weighted by Gasteiger charge is 2.34. The molecule has 1 amide bonds. The first-order valence-corrected chi connectivity index (χ1v) is 6.90. The van der Waals surface area contributed by atoms with Crippen LogP contribution >= 0.6 is 0 Å². The van der Waals surface area contributed by atoms with Gasteiger partial charge < -0.3 is 10.2 Å². The third-order valence-electron chi connectivity index (χ3n) is 4.00. The van der Waals surface area contributed by atoms with E-state index in [2.05, 4.69) is 33.9 Å². The Hall–Kier alpha value is -1.62. The van der Waals surface area contributed by atoms with Gasteiger partial charge in [-0.2, -0.15) is 0 Å². The minimum absolute atomic E-state index is 0.0901. The molecule has 0 aromatic carbocycles. The van der Waals surface area contributed by atoms with Crippen molar-refractivity contribution >= 4 is 17.4 Å². The Morgan fingerprint density at radius 2 is 2.26 bits per heavy atom. The molecular formula is C14H20N4O. The molecule has 19 heavy (non-hydrogen) atoms. The Kier molecular flexibility index (Phi) is 3.14. The van der Waals surface area contributed by atoms with Gasteiger partial charge in [0, 0.05) is 38.3 Å². The second-order valence-corrected chi connectivity index (χ2v) is 5.56. The Bertz CT molecular complexity index is 488. The summed E-state index contributed by atoms with van der Waals surface area (Å²) in [5.41, 5.74) is 0.841. The van der Waals surface area contributed by atoms with Gasteiger partial charge >= 0.3 is 0 Å². The van der Waals surface area contributed by atoms with Crippen molar-refractivity contribution in [1.29, 1.82) is 0 Å². The Morgan fingerprint density at radius 3 is 3.05 bits per heavy atom. The zero-order valence-electron chi connectivity index (χ0n) is 11.5. The van der Waals surface area contributed by atoms with Crippen LogP contribution in [0.3, 0.4) is 0 Å². The molecule has 3 heterocycles. The molecule has 0 bridgehead atoms. The van der Waals surface area contributed by atoms with Gasteiger partial charge in [-0.1, -0.05) is 0 Å². The molecule has 2 aliphatic rings. The van der Waals surface area contributed by atoms with E-state index in [0.29, 0.717) is 12.5 Å². The molecule has 1 unspecified atom stereocenters. The SMILES string of the molecule is CC(C)N1CCN2c3ncccc3NC(=O)CC2C1. The first-order chi connectivity index (χ1) is 9.15. The van der Waals surface area contributed by atoms with E-state index >= 15 is 0 Å². The molecule has 3 rings (SSSR count). The van der Waals surface area contributed by atoms with E-state index in [4.69, 9.17) is 0 Å². The zero-order chi connectivity index (χ0) is 13.4. The van der Waals surface area contributed by atoms with Crippen molar-refractivity contribution in [3.05, 3.63) is 18.3 Å². The first-order valence-electron chi connectivity index (χ1n) is 6.90. The molecule has 1 N–H and O–H groups in total. The molecule has 0 spiro atoms. The lowest BCUT2D eigenvalue weighted by molar-refractivity contribution is -0.116. The number of pyridine rings is 1. The number of hydrogen-bond donors (Lipinski definition) is 1. The Labute approximate surface area is 113 Å². The lowest BCUT2D eigenvalue weighted by atomic mass is 10.1. The van der Waals surface area contributed by atoms with E-state index in [9.17, 15) is 4.79 Å². The Balaban J connectivity index is 1.92. The quantitative estimate of drug-likeness (QED) is 0.827. The summed E-state index contributed by atoms with van der Waals surface area (Å²) in [6, 6.07) is 4.55. The summed E-state index contributed by atoms with van der Waals surface area (Å²) in [5.74, 6) is 1.01. The van der Waals surface area contributed by atoms with Gasteiger partial charge in [-0.05, 0) is 26.0 Å². The van der Waals surface area contributed by atoms with Gasteiger partial charge in [0.05, 0.1) is 11.7 Å². The van der Waals surface area contributed by atoms with Crippen LogP contribution in [0.4, 0.5) is 11.5 Å². The Morgan fingerprint density at radius 1 is 1.42 bits per heavy atom. The summed E-state index contributed by atoms with van der Waals surface area (Å²) < 4.78 is 0. The summed E-state index contributed by atoms with van der Waals surface area (Å²) >= 11 is 0. The molecule has 5 heteroatoms. The largest absolute Gasteiger partial charge is 0.349 e. The van der Waals surface area contributed by atoms with E-state index in [0.717, 1.165) is 31.1 Å². The van der Waals surface area contributed by atoms with Crippen molar-refractivity contribution in [2.75, 3.05) is 29.9 Å². The van der Waals surface area contributed by atoms with Crippen LogP contribution in [0.1, 0.15) is 20.3 Å². The van der Waals surface area contributed by atoms with Gasteiger partial charge in [0.25, 0.3) is 0 Å². The second-order valence-electron chi connectivity index (χ2n) is 5.56. The molecule has 1 saturated heterocycles. The summed E-state index contributed by atoms with van der Waals surface area (Å²) in [6.45, 7) is 7.30. The molecule has 0 saturated carbocycles. The number of carbonyl (C=O) groups excluding carboxylic acids is 1. The normalized spacial score (nSPS) is 23.6. The van der Waals surface area contributed by atoms with Crippen LogP contribution in [0.5, 0.6) is 0 Å². The highest BCUT2D eigenvalue weighted by molar-refractivity contribution is 5.95. The molecule has 1 fully saturated rings. The predicted molar refractivity (Wildman–Crippen MR) is 75.3 cm³/mol. The number of fused-ring (bicyclic) bond motifs is 3. The number of nitrogens with one attached hydrogen (secondary N) is 1. The smallest absolute Gasteiger partial charge is 0.226 e. The van der Waals surface area contributed by atoms with Gasteiger partial charge in [0.1, 0.15) is 0 Å². The summed E-state index contributed by atoms with van der Waals surface area (Å²) in [6.07, 6.45) is 2.34. The van der Waals surface area contributed by atoms with Crippen molar-refractivity contribution in [2.24, 2.45) is 0 Å². The van der Waals surface area contributed by atoms with Crippen LogP contribution in [-0.4, -0.2) is 47.5 Å². The molecule has 1 atom stereocenters. The zero-order valence-corrected chi connectivity index (χ0v) is 11.5. The summed E-state index contributed by atoms with van der Waals surface area (Å²) in [4.78, 5) is 21.2. The molecule has 5 nitrogen and oxygen atoms in total. The van der Waals surface area contributed by atoms with Crippen LogP contribution in [0, 0.1) is 0 Å². The maximum atomic E-state index is 12.0. The molecular weight excluding hydrogens is 240 g/mol. The van der Waals surface area contributed by atoms with Crippen LogP contribution in [0.25, 0.3) is 0 Å². The lowest BCUT2D eigenvalue weighted by Crippen LogP contribution is -2.55. The average Bonchev–Trinajstić information content (AvgIpc) is 2.53. The van der Waals surface area contributed by atoms with Crippen LogP contribution < -0.4 is 10.2 Å². The van der Waals surface area contributed by atoms with E-state index in [1.165, 1.54) is 0 Å². The highest BCUT2D eigenvalue weighted by Crippen LogP contribution is 2.31. The summed E-state index contributed by atoms with van der Waals surface area (Å²) in [5, 5.41) is 2.96. The lowest BCUT2D eigenvalue weighted by Gasteiger charge is -2.42. The number of carbonyl (C=O) groups is 1. The van der Waals surface area contributed by atoms with Crippen molar-refractivity contribution in [3.8, 4) is 0 Å². The molecule has 1 aromatic heterocycles. The van der Waals surface area contributed by atoms with E-state index in [1.807, 2.05) is 12.1 Å². The first kappa shape index (κ1) is 12.4. The van der Waals surface area contributed by atoms with Gasteiger partial charge in [0.2, 0.25) is 5.91 Å². The predicted octanol–water partition coefficient (Wildman–Crippen LogP) is 1.32. The summed E-state index contributed by atoms with van der Waals surface area (Å²) in [7, 11) is 0. The number of nitrogens with zero attached hydrogens (tertiary/aromatic N) is 3. The van der Waals surface area contributed by atoms with Gasteiger partial charge in [-0.3, -0.25) is 9.69 Å². The minimum atomic E-state index is 0.0901. The highest BCUT2D eigenvalue weighted by atomic mass is 16.1. The molecule has 1 aromatic rings. The molecule has 0 radical (unpaired) electrons. The van der Waals surface area contributed by atoms with Crippen LogP contribution in [-0.2, 0) is 4.79 Å². The van der Waals surface area contributed by atoms with Crippen molar-refractivity contribution in [3.63, 3.8) is 0 Å². The fraction of sp³-hybridized carbons (Fsp3) is 0.571. The fourth-order valence-electron chi connectivity index (χ4n) is 2.94. The van der Waals surface area contributed by atoms with E-state index < -0.39 is 0 Å². The fourth-order valence-corrected chi connectivity index (χ4v) is 2.94. The van der Waals surface area contributed by atoms with Gasteiger partial charge in [-0.25, -0.2) is 4.98 Å².